The first kappa shape index (κ1) is 17.2. The van der Waals surface area contributed by atoms with E-state index in [1.54, 1.807) is 11.9 Å². The van der Waals surface area contributed by atoms with Gasteiger partial charge in [-0.25, -0.2) is 10.2 Å². The van der Waals surface area contributed by atoms with E-state index in [0.29, 0.717) is 12.2 Å². The molecule has 1 aromatic rings. The van der Waals surface area contributed by atoms with E-state index in [2.05, 4.69) is 10.4 Å². The summed E-state index contributed by atoms with van der Waals surface area (Å²) in [5.74, 6) is -2.04. The number of hydrogen-bond donors (Lipinski definition) is 2. The number of esters is 1. The number of aryl methyl sites for hydroxylation is 2. The highest BCUT2D eigenvalue weighted by molar-refractivity contribution is 6.42. The van der Waals surface area contributed by atoms with Crippen LogP contribution in [-0.2, 0) is 14.3 Å². The van der Waals surface area contributed by atoms with Crippen molar-refractivity contribution in [2.24, 2.45) is 10.9 Å². The van der Waals surface area contributed by atoms with Crippen LogP contribution in [0.3, 0.4) is 0 Å². The van der Waals surface area contributed by atoms with E-state index in [1.165, 1.54) is 6.08 Å². The molecule has 0 aliphatic carbocycles. The molecule has 7 heteroatoms. The van der Waals surface area contributed by atoms with Crippen LogP contribution in [0.1, 0.15) is 23.6 Å². The molecule has 2 aliphatic rings. The lowest BCUT2D eigenvalue weighted by Crippen LogP contribution is -2.41. The van der Waals surface area contributed by atoms with Crippen molar-refractivity contribution in [3.05, 3.63) is 41.0 Å². The molecule has 132 valence electrons. The zero-order valence-corrected chi connectivity index (χ0v) is 14.4. The molecule has 1 fully saturated rings. The number of benzene rings is 1. The van der Waals surface area contributed by atoms with Gasteiger partial charge in [-0.15, -0.1) is 0 Å². The van der Waals surface area contributed by atoms with Gasteiger partial charge in [0.2, 0.25) is 0 Å². The van der Waals surface area contributed by atoms with Crippen molar-refractivity contribution in [1.29, 1.82) is 0 Å². The maximum absolute atomic E-state index is 12.2. The molecule has 25 heavy (non-hydrogen) atoms. The number of aliphatic carboxylic acids is 1. The second kappa shape index (κ2) is 6.68. The summed E-state index contributed by atoms with van der Waals surface area (Å²) in [5.41, 5.74) is 6.85. The van der Waals surface area contributed by atoms with Crippen molar-refractivity contribution < 1.29 is 19.4 Å². The highest BCUT2D eigenvalue weighted by Crippen LogP contribution is 2.33. The van der Waals surface area contributed by atoms with Crippen LogP contribution in [0.15, 0.2) is 29.3 Å². The average molecular weight is 343 g/mol. The summed E-state index contributed by atoms with van der Waals surface area (Å²) in [7, 11) is 0. The predicted molar refractivity (Wildman–Crippen MR) is 92.7 cm³/mol. The standard InChI is InChI=1S/C18H21N3O4/c1-4-25-18(24)13-9-19-21-15(8-14(17(22)23)20-16(13)21)12-6-5-10(2)7-11(12)3/h5-8,13,16,19H,4,9H2,1-3H3,(H,22,23). The Labute approximate surface area is 146 Å². The van der Waals surface area contributed by atoms with E-state index < -0.39 is 18.1 Å². The summed E-state index contributed by atoms with van der Waals surface area (Å²) in [6.07, 6.45) is 0.905. The van der Waals surface area contributed by atoms with Gasteiger partial charge in [-0.1, -0.05) is 23.8 Å². The molecule has 0 spiro atoms. The van der Waals surface area contributed by atoms with Crippen LogP contribution < -0.4 is 5.43 Å². The maximum Gasteiger partial charge on any atom is 0.354 e. The smallest absolute Gasteiger partial charge is 0.354 e. The Morgan fingerprint density at radius 3 is 2.80 bits per heavy atom. The summed E-state index contributed by atoms with van der Waals surface area (Å²) in [5, 5.41) is 11.2. The van der Waals surface area contributed by atoms with Crippen molar-refractivity contribution in [2.75, 3.05) is 13.2 Å². The quantitative estimate of drug-likeness (QED) is 0.805. The Morgan fingerprint density at radius 2 is 2.16 bits per heavy atom. The number of ether oxygens (including phenoxy) is 1. The summed E-state index contributed by atoms with van der Waals surface area (Å²) in [6, 6.07) is 5.97. The molecule has 7 nitrogen and oxygen atoms in total. The zero-order chi connectivity index (χ0) is 18.1. The molecule has 2 unspecified atom stereocenters. The monoisotopic (exact) mass is 343 g/mol. The lowest BCUT2D eigenvalue weighted by Gasteiger charge is -2.31. The topological polar surface area (TPSA) is 91.2 Å². The second-order valence-electron chi connectivity index (χ2n) is 6.17. The fourth-order valence-electron chi connectivity index (χ4n) is 3.21. The van der Waals surface area contributed by atoms with Crippen molar-refractivity contribution in [2.45, 2.75) is 26.9 Å². The SMILES string of the molecule is CCOC(=O)C1CNN2C(c3ccc(C)cc3C)=CC(C(=O)O)=NC12. The molecular formula is C18H21N3O4. The third-order valence-electron chi connectivity index (χ3n) is 4.38. The Bertz CT molecular complexity index is 785. The first-order chi connectivity index (χ1) is 11.9. The lowest BCUT2D eigenvalue weighted by molar-refractivity contribution is -0.148. The Balaban J connectivity index is 2.03. The molecule has 2 N–H and O–H groups in total. The van der Waals surface area contributed by atoms with E-state index in [0.717, 1.165) is 16.7 Å². The predicted octanol–water partition coefficient (Wildman–Crippen LogP) is 1.51. The van der Waals surface area contributed by atoms with Crippen LogP contribution in [0.2, 0.25) is 0 Å². The molecule has 0 amide bonds. The Morgan fingerprint density at radius 1 is 1.40 bits per heavy atom. The van der Waals surface area contributed by atoms with Crippen LogP contribution in [0.5, 0.6) is 0 Å². The van der Waals surface area contributed by atoms with Crippen molar-refractivity contribution in [1.82, 2.24) is 10.4 Å². The highest BCUT2D eigenvalue weighted by atomic mass is 16.5. The molecule has 0 saturated carbocycles. The number of carbonyl (C=O) groups is 2. The Hall–Kier alpha value is -2.67. The number of rotatable bonds is 4. The van der Waals surface area contributed by atoms with Gasteiger partial charge in [-0.05, 0) is 32.4 Å². The number of nitrogens with zero attached hydrogens (tertiary/aromatic N) is 2. The summed E-state index contributed by atoms with van der Waals surface area (Å²) in [6.45, 7) is 6.35. The van der Waals surface area contributed by atoms with Crippen LogP contribution in [-0.4, -0.2) is 47.1 Å². The maximum atomic E-state index is 12.2. The first-order valence-corrected chi connectivity index (χ1v) is 8.22. The minimum atomic E-state index is -1.11. The number of carboxylic acid groups (broad SMARTS) is 1. The van der Waals surface area contributed by atoms with Crippen LogP contribution in [0.4, 0.5) is 0 Å². The molecule has 0 radical (unpaired) electrons. The molecule has 2 atom stereocenters. The largest absolute Gasteiger partial charge is 0.477 e. The molecule has 1 aromatic carbocycles. The first-order valence-electron chi connectivity index (χ1n) is 8.22. The van der Waals surface area contributed by atoms with E-state index in [4.69, 9.17) is 4.74 Å². The van der Waals surface area contributed by atoms with Gasteiger partial charge < -0.3 is 9.84 Å². The average Bonchev–Trinajstić information content (AvgIpc) is 2.98. The lowest BCUT2D eigenvalue weighted by atomic mass is 9.99. The number of carboxylic acids is 1. The number of hydrogen-bond acceptors (Lipinski definition) is 6. The molecule has 0 aromatic heterocycles. The molecule has 2 heterocycles. The Kier molecular flexibility index (Phi) is 4.59. The molecule has 2 aliphatic heterocycles. The minimum absolute atomic E-state index is 0.0609. The van der Waals surface area contributed by atoms with E-state index in [9.17, 15) is 14.7 Å². The normalized spacial score (nSPS) is 22.1. The fourth-order valence-corrected chi connectivity index (χ4v) is 3.21. The van der Waals surface area contributed by atoms with Crippen molar-refractivity contribution in [3.63, 3.8) is 0 Å². The van der Waals surface area contributed by atoms with Gasteiger partial charge >= 0.3 is 11.9 Å². The molecule has 0 bridgehead atoms. The van der Waals surface area contributed by atoms with Gasteiger partial charge in [0.1, 0.15) is 11.6 Å². The zero-order valence-electron chi connectivity index (χ0n) is 14.4. The fraction of sp³-hybridized carbons (Fsp3) is 0.389. The minimum Gasteiger partial charge on any atom is -0.477 e. The van der Waals surface area contributed by atoms with Gasteiger partial charge in [0, 0.05) is 12.1 Å². The third-order valence-corrected chi connectivity index (χ3v) is 4.38. The van der Waals surface area contributed by atoms with E-state index in [-0.39, 0.29) is 18.3 Å². The van der Waals surface area contributed by atoms with Crippen molar-refractivity contribution in [3.8, 4) is 0 Å². The summed E-state index contributed by atoms with van der Waals surface area (Å²) < 4.78 is 5.11. The van der Waals surface area contributed by atoms with Gasteiger partial charge in [-0.2, -0.15) is 0 Å². The molecule has 1 saturated heterocycles. The van der Waals surface area contributed by atoms with Gasteiger partial charge in [-0.3, -0.25) is 14.8 Å². The van der Waals surface area contributed by atoms with Crippen LogP contribution >= 0.6 is 0 Å². The van der Waals surface area contributed by atoms with E-state index >= 15 is 0 Å². The highest BCUT2D eigenvalue weighted by Gasteiger charge is 2.43. The van der Waals surface area contributed by atoms with Gasteiger partial charge in [0.15, 0.2) is 6.17 Å². The number of aliphatic imine (C=N–C) groups is 1. The van der Waals surface area contributed by atoms with Gasteiger partial charge in [0.25, 0.3) is 0 Å². The van der Waals surface area contributed by atoms with Gasteiger partial charge in [0.05, 0.1) is 12.3 Å². The van der Waals surface area contributed by atoms with Crippen LogP contribution in [0.25, 0.3) is 5.70 Å². The van der Waals surface area contributed by atoms with Crippen LogP contribution in [0, 0.1) is 19.8 Å². The molecular weight excluding hydrogens is 322 g/mol. The number of nitrogens with one attached hydrogen (secondary N) is 1. The summed E-state index contributed by atoms with van der Waals surface area (Å²) >= 11 is 0. The third kappa shape index (κ3) is 3.15. The molecule has 3 rings (SSSR count). The summed E-state index contributed by atoms with van der Waals surface area (Å²) in [4.78, 5) is 28.0. The van der Waals surface area contributed by atoms with E-state index in [1.807, 2.05) is 32.0 Å². The second-order valence-corrected chi connectivity index (χ2v) is 6.17. The van der Waals surface area contributed by atoms with Crippen molar-refractivity contribution >= 4 is 23.3 Å². The number of fused-ring (bicyclic) bond motifs is 1. The number of hydrazine groups is 1. The number of carbonyl (C=O) groups excluding carboxylic acids is 1.